The van der Waals surface area contributed by atoms with E-state index in [1.165, 1.54) is 0 Å². The van der Waals surface area contributed by atoms with E-state index in [0.29, 0.717) is 22.3 Å². The van der Waals surface area contributed by atoms with Crippen molar-refractivity contribution in [3.63, 3.8) is 0 Å². The number of amides is 1. The number of halogens is 1. The molecule has 0 saturated heterocycles. The van der Waals surface area contributed by atoms with E-state index in [-0.39, 0.29) is 0 Å². The molecule has 4 nitrogen and oxygen atoms in total. The van der Waals surface area contributed by atoms with Gasteiger partial charge >= 0.3 is 0 Å². The largest absolute Gasteiger partial charge is 0.366 e. The molecule has 3 rings (SSSR count). The highest BCUT2D eigenvalue weighted by Crippen LogP contribution is 2.44. The van der Waals surface area contributed by atoms with Crippen molar-refractivity contribution in [1.82, 2.24) is 4.98 Å². The Bertz CT molecular complexity index is 668. The van der Waals surface area contributed by atoms with Gasteiger partial charge in [-0.15, -0.1) is 0 Å². The second-order valence-corrected chi connectivity index (χ2v) is 5.29. The Hall–Kier alpha value is -2.07. The number of pyridine rings is 1. The normalized spacial score (nSPS) is 14.1. The molecule has 2 aromatic rings. The van der Waals surface area contributed by atoms with Gasteiger partial charge in [-0.2, -0.15) is 0 Å². The van der Waals surface area contributed by atoms with Crippen LogP contribution in [0.1, 0.15) is 34.7 Å². The number of nitrogens with two attached hydrogens (primary N) is 1. The fraction of sp³-hybridized carbons (Fsp3) is 0.200. The first-order chi connectivity index (χ1) is 9.65. The zero-order valence-corrected chi connectivity index (χ0v) is 11.5. The number of hydrogen-bond donors (Lipinski definition) is 2. The quantitative estimate of drug-likeness (QED) is 0.846. The van der Waals surface area contributed by atoms with Crippen molar-refractivity contribution in [1.29, 1.82) is 0 Å². The maximum Gasteiger partial charge on any atom is 0.250 e. The molecule has 20 heavy (non-hydrogen) atoms. The van der Waals surface area contributed by atoms with E-state index >= 15 is 0 Å². The Morgan fingerprint density at radius 1 is 1.30 bits per heavy atom. The molecule has 0 spiro atoms. The van der Waals surface area contributed by atoms with Crippen molar-refractivity contribution >= 4 is 28.9 Å². The summed E-state index contributed by atoms with van der Waals surface area (Å²) in [6.45, 7) is 0. The number of hydrogen-bond acceptors (Lipinski definition) is 3. The van der Waals surface area contributed by atoms with Crippen LogP contribution in [0.5, 0.6) is 0 Å². The van der Waals surface area contributed by atoms with Gasteiger partial charge < -0.3 is 11.1 Å². The predicted octanol–water partition coefficient (Wildman–Crippen LogP) is 3.45. The van der Waals surface area contributed by atoms with Crippen LogP contribution in [-0.4, -0.2) is 10.9 Å². The summed E-state index contributed by atoms with van der Waals surface area (Å²) in [4.78, 5) is 15.6. The third-order valence-corrected chi connectivity index (χ3v) is 3.59. The molecular formula is C15H14ClN3O. The summed E-state index contributed by atoms with van der Waals surface area (Å²) in [7, 11) is 0. The van der Waals surface area contributed by atoms with Crippen LogP contribution >= 0.6 is 11.6 Å². The van der Waals surface area contributed by atoms with Gasteiger partial charge in [-0.05, 0) is 42.5 Å². The van der Waals surface area contributed by atoms with Gasteiger partial charge in [0.25, 0.3) is 5.91 Å². The second kappa shape index (κ2) is 5.13. The maximum atomic E-state index is 11.5. The highest BCUT2D eigenvalue weighted by Gasteiger charge is 2.27. The molecule has 1 aromatic heterocycles. The summed E-state index contributed by atoms with van der Waals surface area (Å²) in [5.74, 6) is 0.0734. The molecule has 0 atom stereocenters. The number of primary amides is 1. The van der Waals surface area contributed by atoms with Crippen LogP contribution in [0.2, 0.25) is 5.15 Å². The van der Waals surface area contributed by atoms with Crippen LogP contribution in [0.15, 0.2) is 36.5 Å². The van der Waals surface area contributed by atoms with Gasteiger partial charge in [0.1, 0.15) is 5.15 Å². The summed E-state index contributed by atoms with van der Waals surface area (Å²) in [6.07, 6.45) is 4.13. The Labute approximate surface area is 122 Å². The number of nitrogens with zero attached hydrogens (tertiary/aromatic N) is 1. The second-order valence-electron chi connectivity index (χ2n) is 4.90. The summed E-state index contributed by atoms with van der Waals surface area (Å²) in [5, 5.41) is 3.68. The fourth-order valence-electron chi connectivity index (χ4n) is 2.22. The van der Waals surface area contributed by atoms with Gasteiger partial charge in [-0.25, -0.2) is 4.98 Å². The summed E-state index contributed by atoms with van der Waals surface area (Å²) in [6, 6.07) is 8.95. The molecule has 3 N–H and O–H groups in total. The van der Waals surface area contributed by atoms with E-state index in [0.717, 1.165) is 24.1 Å². The van der Waals surface area contributed by atoms with Crippen molar-refractivity contribution in [2.75, 3.05) is 5.32 Å². The standard InChI is InChI=1S/C15H14ClN3O/c16-14-7-13(11(8-18-14)9-5-6-9)19-12-4-2-1-3-10(12)15(17)20/h1-4,7-9H,5-6H2,(H2,17,20)(H,18,19). The van der Waals surface area contributed by atoms with Crippen LogP contribution in [0, 0.1) is 0 Å². The molecule has 1 aliphatic carbocycles. The Morgan fingerprint density at radius 3 is 2.75 bits per heavy atom. The van der Waals surface area contributed by atoms with E-state index < -0.39 is 5.91 Å². The molecule has 0 aliphatic heterocycles. The Balaban J connectivity index is 1.99. The number of carbonyl (C=O) groups excluding carboxylic acids is 1. The molecule has 1 heterocycles. The maximum absolute atomic E-state index is 11.5. The third-order valence-electron chi connectivity index (χ3n) is 3.38. The first kappa shape index (κ1) is 12.9. The monoisotopic (exact) mass is 287 g/mol. The van der Waals surface area contributed by atoms with Crippen LogP contribution in [0.4, 0.5) is 11.4 Å². The molecule has 1 aliphatic rings. The molecular weight excluding hydrogens is 274 g/mol. The minimum Gasteiger partial charge on any atom is -0.366 e. The molecule has 1 aromatic carbocycles. The predicted molar refractivity (Wildman–Crippen MR) is 79.5 cm³/mol. The van der Waals surface area contributed by atoms with Gasteiger partial charge in [0, 0.05) is 11.9 Å². The van der Waals surface area contributed by atoms with Gasteiger partial charge in [0.2, 0.25) is 0 Å². The van der Waals surface area contributed by atoms with E-state index in [1.54, 1.807) is 24.4 Å². The van der Waals surface area contributed by atoms with Gasteiger partial charge in [0.05, 0.1) is 11.3 Å². The topological polar surface area (TPSA) is 68.0 Å². The van der Waals surface area contributed by atoms with Crippen molar-refractivity contribution in [3.05, 3.63) is 52.8 Å². The first-order valence-electron chi connectivity index (χ1n) is 6.46. The zero-order chi connectivity index (χ0) is 14.1. The molecule has 0 unspecified atom stereocenters. The minimum atomic E-state index is -0.457. The highest BCUT2D eigenvalue weighted by atomic mass is 35.5. The summed E-state index contributed by atoms with van der Waals surface area (Å²) in [5.41, 5.74) is 8.56. The third kappa shape index (κ3) is 2.60. The lowest BCUT2D eigenvalue weighted by Gasteiger charge is -2.13. The van der Waals surface area contributed by atoms with E-state index in [1.807, 2.05) is 12.1 Å². The summed E-state index contributed by atoms with van der Waals surface area (Å²) >= 11 is 5.97. The minimum absolute atomic E-state index is 0.424. The lowest BCUT2D eigenvalue weighted by Crippen LogP contribution is -2.13. The van der Waals surface area contributed by atoms with Crippen molar-refractivity contribution in [2.24, 2.45) is 5.73 Å². The van der Waals surface area contributed by atoms with Crippen LogP contribution in [-0.2, 0) is 0 Å². The number of anilines is 2. The van der Waals surface area contributed by atoms with Gasteiger partial charge in [-0.1, -0.05) is 23.7 Å². The van der Waals surface area contributed by atoms with Crippen molar-refractivity contribution in [2.45, 2.75) is 18.8 Å². The number of nitrogens with one attached hydrogen (secondary N) is 1. The number of rotatable bonds is 4. The van der Waals surface area contributed by atoms with E-state index in [9.17, 15) is 4.79 Å². The van der Waals surface area contributed by atoms with Crippen molar-refractivity contribution in [3.8, 4) is 0 Å². The Morgan fingerprint density at radius 2 is 2.05 bits per heavy atom. The number of aromatic nitrogens is 1. The number of carbonyl (C=O) groups is 1. The highest BCUT2D eigenvalue weighted by molar-refractivity contribution is 6.29. The number of benzene rings is 1. The lowest BCUT2D eigenvalue weighted by atomic mass is 10.1. The smallest absolute Gasteiger partial charge is 0.250 e. The SMILES string of the molecule is NC(=O)c1ccccc1Nc1cc(Cl)ncc1C1CC1. The molecule has 0 radical (unpaired) electrons. The molecule has 5 heteroatoms. The Kier molecular flexibility index (Phi) is 3.32. The molecule has 1 amide bonds. The van der Waals surface area contributed by atoms with Crippen LogP contribution in [0.25, 0.3) is 0 Å². The average molecular weight is 288 g/mol. The average Bonchev–Trinajstić information content (AvgIpc) is 3.24. The van der Waals surface area contributed by atoms with E-state index in [4.69, 9.17) is 17.3 Å². The first-order valence-corrected chi connectivity index (χ1v) is 6.84. The molecule has 0 bridgehead atoms. The van der Waals surface area contributed by atoms with Gasteiger partial charge in [-0.3, -0.25) is 4.79 Å². The fourth-order valence-corrected chi connectivity index (χ4v) is 2.38. The lowest BCUT2D eigenvalue weighted by molar-refractivity contribution is 0.100. The van der Waals surface area contributed by atoms with Crippen LogP contribution in [0.3, 0.4) is 0 Å². The van der Waals surface area contributed by atoms with Crippen LogP contribution < -0.4 is 11.1 Å². The zero-order valence-electron chi connectivity index (χ0n) is 10.8. The van der Waals surface area contributed by atoms with E-state index in [2.05, 4.69) is 10.3 Å². The molecule has 1 saturated carbocycles. The number of para-hydroxylation sites is 1. The van der Waals surface area contributed by atoms with Crippen molar-refractivity contribution < 1.29 is 4.79 Å². The van der Waals surface area contributed by atoms with Gasteiger partial charge in [0.15, 0.2) is 0 Å². The molecule has 1 fully saturated rings. The summed E-state index contributed by atoms with van der Waals surface area (Å²) < 4.78 is 0. The molecule has 102 valence electrons.